The molecule has 0 saturated heterocycles. The van der Waals surface area contributed by atoms with E-state index >= 15 is 0 Å². The molecule has 1 unspecified atom stereocenters. The van der Waals surface area contributed by atoms with Gasteiger partial charge in [0.05, 0.1) is 6.42 Å². The third-order valence-corrected chi connectivity index (χ3v) is 4.75. The first-order chi connectivity index (χ1) is 12.0. The Labute approximate surface area is 150 Å². The van der Waals surface area contributed by atoms with Crippen LogP contribution in [0.4, 0.5) is 5.69 Å². The van der Waals surface area contributed by atoms with E-state index in [2.05, 4.69) is 24.0 Å². The van der Waals surface area contributed by atoms with Gasteiger partial charge < -0.3 is 14.7 Å². The molecule has 1 aliphatic rings. The topological polar surface area (TPSA) is 66.8 Å². The van der Waals surface area contributed by atoms with Gasteiger partial charge in [0.25, 0.3) is 0 Å². The fourth-order valence-corrected chi connectivity index (χ4v) is 3.42. The minimum absolute atomic E-state index is 0.0924. The van der Waals surface area contributed by atoms with Crippen LogP contribution in [0.25, 0.3) is 0 Å². The summed E-state index contributed by atoms with van der Waals surface area (Å²) < 4.78 is 4.88. The van der Waals surface area contributed by atoms with Crippen LogP contribution in [0.2, 0.25) is 0 Å². The summed E-state index contributed by atoms with van der Waals surface area (Å²) in [7, 11) is 0. The molecule has 0 aromatic heterocycles. The van der Waals surface area contributed by atoms with Crippen LogP contribution in [0.1, 0.15) is 57.9 Å². The normalized spacial score (nSPS) is 16.2. The predicted octanol–water partition coefficient (Wildman–Crippen LogP) is 3.79. The summed E-state index contributed by atoms with van der Waals surface area (Å²) in [5, 5.41) is 8.79. The van der Waals surface area contributed by atoms with E-state index in [9.17, 15) is 9.59 Å². The number of carbonyl (C=O) groups excluding carboxylic acids is 1. The fourth-order valence-electron chi connectivity index (χ4n) is 3.42. The smallest absolute Gasteiger partial charge is 0.344 e. The highest BCUT2D eigenvalue weighted by Crippen LogP contribution is 2.28. The molecule has 138 valence electrons. The zero-order valence-corrected chi connectivity index (χ0v) is 15.2. The van der Waals surface area contributed by atoms with Crippen LogP contribution in [0, 0.1) is 0 Å². The van der Waals surface area contributed by atoms with Gasteiger partial charge in [-0.3, -0.25) is 4.79 Å². The number of anilines is 1. The standard InChI is InChI=1S/C20H29NO4/c1-3-13-21(17-7-5-4-6-8-17)18-11-9-16(10-12-18)14-19(22)25-15(2)20(23)24/h9-12,15,17H,3-8,13-14H2,1-2H3,(H,23,24). The molecule has 1 aromatic carbocycles. The molecule has 1 N–H and O–H groups in total. The van der Waals surface area contributed by atoms with Crippen LogP contribution in [-0.4, -0.2) is 35.7 Å². The maximum Gasteiger partial charge on any atom is 0.344 e. The second kappa shape index (κ2) is 9.44. The third-order valence-electron chi connectivity index (χ3n) is 4.75. The second-order valence-electron chi connectivity index (χ2n) is 6.80. The number of carboxylic acid groups (broad SMARTS) is 1. The Kier molecular flexibility index (Phi) is 7.29. The average Bonchev–Trinajstić information content (AvgIpc) is 2.61. The summed E-state index contributed by atoms with van der Waals surface area (Å²) in [6, 6.07) is 8.61. The van der Waals surface area contributed by atoms with Gasteiger partial charge in [0, 0.05) is 18.3 Å². The van der Waals surface area contributed by atoms with Crippen LogP contribution in [0.3, 0.4) is 0 Å². The van der Waals surface area contributed by atoms with Crippen LogP contribution in [0.15, 0.2) is 24.3 Å². The van der Waals surface area contributed by atoms with Crippen molar-refractivity contribution >= 4 is 17.6 Å². The van der Waals surface area contributed by atoms with Crippen molar-refractivity contribution in [1.82, 2.24) is 0 Å². The van der Waals surface area contributed by atoms with Crippen molar-refractivity contribution in [2.24, 2.45) is 0 Å². The molecule has 0 bridgehead atoms. The number of benzene rings is 1. The summed E-state index contributed by atoms with van der Waals surface area (Å²) in [5.74, 6) is -1.65. The lowest BCUT2D eigenvalue weighted by Crippen LogP contribution is -2.37. The lowest BCUT2D eigenvalue weighted by Gasteiger charge is -2.36. The minimum atomic E-state index is -1.13. The first-order valence-corrected chi connectivity index (χ1v) is 9.29. The maximum absolute atomic E-state index is 11.8. The van der Waals surface area contributed by atoms with Gasteiger partial charge in [0.15, 0.2) is 6.10 Å². The highest BCUT2D eigenvalue weighted by atomic mass is 16.6. The SMILES string of the molecule is CCCN(c1ccc(CC(=O)OC(C)C(=O)O)cc1)C1CCCCC1. The van der Waals surface area contributed by atoms with E-state index in [1.165, 1.54) is 44.7 Å². The van der Waals surface area contributed by atoms with E-state index in [0.29, 0.717) is 6.04 Å². The molecule has 25 heavy (non-hydrogen) atoms. The molecule has 0 spiro atoms. The van der Waals surface area contributed by atoms with Crippen molar-refractivity contribution in [2.45, 2.75) is 70.9 Å². The largest absolute Gasteiger partial charge is 0.479 e. The molecule has 5 nitrogen and oxygen atoms in total. The molecule has 1 atom stereocenters. The van der Waals surface area contributed by atoms with Gasteiger partial charge in [-0.2, -0.15) is 0 Å². The Balaban J connectivity index is 1.99. The number of hydrogen-bond acceptors (Lipinski definition) is 4. The molecule has 1 aliphatic carbocycles. The Bertz CT molecular complexity index is 564. The Morgan fingerprint density at radius 3 is 2.40 bits per heavy atom. The van der Waals surface area contributed by atoms with Crippen LogP contribution < -0.4 is 4.90 Å². The van der Waals surface area contributed by atoms with E-state index < -0.39 is 18.0 Å². The summed E-state index contributed by atoms with van der Waals surface area (Å²) in [5.41, 5.74) is 2.04. The highest BCUT2D eigenvalue weighted by Gasteiger charge is 2.21. The number of carbonyl (C=O) groups is 2. The summed E-state index contributed by atoms with van der Waals surface area (Å²) in [6.45, 7) is 4.60. The van der Waals surface area contributed by atoms with E-state index in [-0.39, 0.29) is 6.42 Å². The van der Waals surface area contributed by atoms with Crippen molar-refractivity contribution in [2.75, 3.05) is 11.4 Å². The molecular weight excluding hydrogens is 318 g/mol. The molecule has 5 heteroatoms. The molecule has 1 fully saturated rings. The number of ether oxygens (including phenoxy) is 1. The number of hydrogen-bond donors (Lipinski definition) is 1. The van der Waals surface area contributed by atoms with Crippen LogP contribution in [0.5, 0.6) is 0 Å². The van der Waals surface area contributed by atoms with Gasteiger partial charge >= 0.3 is 11.9 Å². The van der Waals surface area contributed by atoms with Gasteiger partial charge in [0.1, 0.15) is 0 Å². The second-order valence-corrected chi connectivity index (χ2v) is 6.80. The van der Waals surface area contributed by atoms with Crippen molar-refractivity contribution in [3.05, 3.63) is 29.8 Å². The first kappa shape index (κ1) is 19.3. The number of esters is 1. The summed E-state index contributed by atoms with van der Waals surface area (Å²) in [6.07, 6.45) is 6.53. The monoisotopic (exact) mass is 347 g/mol. The van der Waals surface area contributed by atoms with Gasteiger partial charge in [-0.25, -0.2) is 4.79 Å². The maximum atomic E-state index is 11.8. The zero-order valence-electron chi connectivity index (χ0n) is 15.2. The van der Waals surface area contributed by atoms with Crippen LogP contribution in [-0.2, 0) is 20.7 Å². The average molecular weight is 347 g/mol. The van der Waals surface area contributed by atoms with E-state index in [4.69, 9.17) is 9.84 Å². The molecule has 1 aromatic rings. The Morgan fingerprint density at radius 2 is 1.84 bits per heavy atom. The summed E-state index contributed by atoms with van der Waals surface area (Å²) >= 11 is 0. The fraction of sp³-hybridized carbons (Fsp3) is 0.600. The predicted molar refractivity (Wildman–Crippen MR) is 97.8 cm³/mol. The molecule has 0 aliphatic heterocycles. The number of rotatable bonds is 8. The van der Waals surface area contributed by atoms with Crippen molar-refractivity contribution in [3.8, 4) is 0 Å². The number of aliphatic carboxylic acids is 1. The van der Waals surface area contributed by atoms with E-state index in [1.807, 2.05) is 12.1 Å². The highest BCUT2D eigenvalue weighted by molar-refractivity contribution is 5.79. The molecule has 0 amide bonds. The Morgan fingerprint density at radius 1 is 1.20 bits per heavy atom. The van der Waals surface area contributed by atoms with Gasteiger partial charge in [-0.15, -0.1) is 0 Å². The van der Waals surface area contributed by atoms with Crippen LogP contribution >= 0.6 is 0 Å². The van der Waals surface area contributed by atoms with Gasteiger partial charge in [-0.1, -0.05) is 38.3 Å². The number of nitrogens with zero attached hydrogens (tertiary/aromatic N) is 1. The first-order valence-electron chi connectivity index (χ1n) is 9.29. The van der Waals surface area contributed by atoms with E-state index in [1.54, 1.807) is 0 Å². The summed E-state index contributed by atoms with van der Waals surface area (Å²) in [4.78, 5) is 25.0. The lowest BCUT2D eigenvalue weighted by atomic mass is 9.93. The van der Waals surface area contributed by atoms with Gasteiger partial charge in [0.2, 0.25) is 0 Å². The minimum Gasteiger partial charge on any atom is -0.479 e. The molecule has 0 heterocycles. The lowest BCUT2D eigenvalue weighted by molar-refractivity contribution is -0.162. The molecule has 2 rings (SSSR count). The van der Waals surface area contributed by atoms with Crippen molar-refractivity contribution in [1.29, 1.82) is 0 Å². The third kappa shape index (κ3) is 5.76. The zero-order chi connectivity index (χ0) is 18.2. The number of carboxylic acids is 1. The molecule has 0 radical (unpaired) electrons. The van der Waals surface area contributed by atoms with Gasteiger partial charge in [-0.05, 0) is 43.9 Å². The van der Waals surface area contributed by atoms with Crippen molar-refractivity contribution in [3.63, 3.8) is 0 Å². The van der Waals surface area contributed by atoms with E-state index in [0.717, 1.165) is 18.5 Å². The molecular formula is C20H29NO4. The molecule has 1 saturated carbocycles. The van der Waals surface area contributed by atoms with Crippen molar-refractivity contribution < 1.29 is 19.4 Å². The quantitative estimate of drug-likeness (QED) is 0.725. The Hall–Kier alpha value is -2.04.